The number of hydrogen-bond acceptors (Lipinski definition) is 7. The minimum Gasteiger partial charge on any atom is -0.456 e. The van der Waals surface area contributed by atoms with Gasteiger partial charge in [-0.15, -0.1) is 15.9 Å². The van der Waals surface area contributed by atoms with E-state index in [-0.39, 0.29) is 48.2 Å². The van der Waals surface area contributed by atoms with Crippen LogP contribution in [0.25, 0.3) is 11.6 Å². The zero-order valence-electron chi connectivity index (χ0n) is 40.1. The third-order valence-corrected chi connectivity index (χ3v) is 16.8. The fourth-order valence-electron chi connectivity index (χ4n) is 8.94. The Balaban J connectivity index is 1.41. The van der Waals surface area contributed by atoms with Gasteiger partial charge >= 0.3 is 0 Å². The van der Waals surface area contributed by atoms with Gasteiger partial charge in [0.25, 0.3) is 20.0 Å². The number of nitrogens with one attached hydrogen (secondary N) is 1. The van der Waals surface area contributed by atoms with Gasteiger partial charge in [-0.3, -0.25) is 0 Å². The van der Waals surface area contributed by atoms with Crippen molar-refractivity contribution in [1.82, 2.24) is 4.13 Å². The van der Waals surface area contributed by atoms with Gasteiger partial charge in [-0.05, 0) is 112 Å². The van der Waals surface area contributed by atoms with Crippen LogP contribution in [0.2, 0.25) is 0 Å². The summed E-state index contributed by atoms with van der Waals surface area (Å²) in [5, 5.41) is 1.29. The molecule has 0 bridgehead atoms. The van der Waals surface area contributed by atoms with Crippen LogP contribution in [0.5, 0.6) is 11.5 Å². The molecule has 0 atom stereocenters. The van der Waals surface area contributed by atoms with Crippen LogP contribution in [0.15, 0.2) is 112 Å². The molecule has 0 aromatic heterocycles. The fourth-order valence-corrected chi connectivity index (χ4v) is 13.0. The molecule has 0 saturated carbocycles. The molecule has 1 heterocycles. The summed E-state index contributed by atoms with van der Waals surface area (Å²) in [6, 6.07) is 29.5. The van der Waals surface area contributed by atoms with Gasteiger partial charge in [-0.2, -0.15) is 0 Å². The summed E-state index contributed by atoms with van der Waals surface area (Å²) >= 11 is 0.383. The first kappa shape index (κ1) is 51.6. The molecular weight excluding hydrogens is 943 g/mol. The van der Waals surface area contributed by atoms with E-state index in [1.54, 1.807) is 13.0 Å². The minimum absolute atomic E-state index is 0.0126. The summed E-state index contributed by atoms with van der Waals surface area (Å²) in [4.78, 5) is -3.81. The molecule has 0 unspecified atom stereocenters. The number of fused-ring (bicyclic) bond motifs is 2. The second kappa shape index (κ2) is 21.0. The molecule has 7 nitrogen and oxygen atoms in total. The molecule has 0 saturated heterocycles. The van der Waals surface area contributed by atoms with Crippen LogP contribution in [-0.2, 0) is 31.2 Å². The zero-order valence-corrected chi connectivity index (χ0v) is 42.6. The number of halogens is 4. The van der Waals surface area contributed by atoms with Crippen molar-refractivity contribution >= 4 is 43.5 Å². The highest BCUT2D eigenvalue weighted by atomic mass is 32.3. The van der Waals surface area contributed by atoms with Gasteiger partial charge in [-0.25, -0.2) is 34.4 Å². The summed E-state index contributed by atoms with van der Waals surface area (Å²) in [6.07, 6.45) is 2.69. The van der Waals surface area contributed by atoms with E-state index in [4.69, 9.17) is 9.47 Å². The van der Waals surface area contributed by atoms with E-state index in [0.29, 0.717) is 46.0 Å². The Labute approximate surface area is 407 Å². The van der Waals surface area contributed by atoms with Crippen molar-refractivity contribution in [3.05, 3.63) is 181 Å². The first-order chi connectivity index (χ1) is 32.7. The number of thioether (sulfide) groups is 1. The van der Waals surface area contributed by atoms with Crippen LogP contribution in [-0.4, -0.2) is 35.8 Å². The Morgan fingerprint density at radius 2 is 1.22 bits per heavy atom. The molecule has 0 spiro atoms. The molecule has 6 aromatic carbocycles. The van der Waals surface area contributed by atoms with Gasteiger partial charge in [0, 0.05) is 34.3 Å². The van der Waals surface area contributed by atoms with Crippen LogP contribution in [0.1, 0.15) is 136 Å². The van der Waals surface area contributed by atoms with E-state index in [9.17, 15) is 16.8 Å². The van der Waals surface area contributed by atoms with Crippen molar-refractivity contribution in [2.45, 2.75) is 107 Å². The summed E-state index contributed by atoms with van der Waals surface area (Å²) in [6.45, 7) is 19.2. The predicted octanol–water partition coefficient (Wildman–Crippen LogP) is 12.3. The summed E-state index contributed by atoms with van der Waals surface area (Å²) in [5.74, 6) is -6.88. The predicted molar refractivity (Wildman–Crippen MR) is 267 cm³/mol. The summed E-state index contributed by atoms with van der Waals surface area (Å²) < 4.78 is 131. The van der Waals surface area contributed by atoms with Crippen molar-refractivity contribution in [2.75, 3.05) is 19.0 Å². The van der Waals surface area contributed by atoms with E-state index in [1.165, 1.54) is 44.1 Å². The lowest BCUT2D eigenvalue weighted by atomic mass is 9.85. The van der Waals surface area contributed by atoms with E-state index in [2.05, 4.69) is 97.9 Å². The van der Waals surface area contributed by atoms with Gasteiger partial charge < -0.3 is 9.47 Å². The molecule has 14 heteroatoms. The van der Waals surface area contributed by atoms with Crippen LogP contribution in [0.4, 0.5) is 17.6 Å². The topological polar surface area (TPSA) is 98.8 Å². The first-order valence-corrected chi connectivity index (χ1v) is 27.0. The molecule has 0 aliphatic carbocycles. The lowest BCUT2D eigenvalue weighted by Crippen LogP contribution is -2.33. The van der Waals surface area contributed by atoms with Crippen molar-refractivity contribution < 1.29 is 43.9 Å². The Morgan fingerprint density at radius 3 is 1.80 bits per heavy atom. The van der Waals surface area contributed by atoms with Gasteiger partial charge in [0.05, 0.1) is 16.4 Å². The van der Waals surface area contributed by atoms with Gasteiger partial charge in [-0.1, -0.05) is 128 Å². The van der Waals surface area contributed by atoms with E-state index < -0.39 is 58.0 Å². The summed E-state index contributed by atoms with van der Waals surface area (Å²) in [7, 11) is -11.1. The number of sulfonamides is 2. The van der Waals surface area contributed by atoms with Gasteiger partial charge in [0.15, 0.2) is 28.2 Å². The Hall–Kier alpha value is -5.25. The Morgan fingerprint density at radius 1 is 0.638 bits per heavy atom. The van der Waals surface area contributed by atoms with Gasteiger partial charge in [0.2, 0.25) is 0 Å². The maximum absolute atomic E-state index is 15.6. The first-order valence-electron chi connectivity index (χ1n) is 23.0. The van der Waals surface area contributed by atoms with Crippen LogP contribution < -0.4 is 19.3 Å². The molecule has 0 radical (unpaired) electrons. The highest BCUT2D eigenvalue weighted by Gasteiger charge is 2.37. The highest BCUT2D eigenvalue weighted by Crippen LogP contribution is 2.41. The molecule has 1 N–H and O–H groups in total. The number of benzene rings is 6. The molecule has 0 amide bonds. The smallest absolute Gasteiger partial charge is 0.259 e. The maximum atomic E-state index is 15.6. The average molecular weight is 1000 g/mol. The third kappa shape index (κ3) is 10.6. The number of hydrogen-bond donors (Lipinski definition) is 1. The zero-order chi connectivity index (χ0) is 50.1. The standard InChI is InChI=1S/C55H57F4NO6S3/c1-10-65-25-26-67-54-50(56)52(58)55(53(59)51(54)57)69(63,64)60-68(61,62)48-20-12-11-15-43(48)49-41-23-21-35(27-44-37(31(2)3)16-13-17-38(44)32(4)5)29-46(41)66-47-30-36(22-24-42(47)49)28-45-39(33(6)7)18-14-19-40(45)34(8)9/h11-24,27,29-34,60H,10,25-26,28H2,1-9H3/b35-27+. The molecule has 7 rings (SSSR count). The average Bonchev–Trinajstić information content (AvgIpc) is 3.29. The van der Waals surface area contributed by atoms with E-state index >= 15 is 17.6 Å². The van der Waals surface area contributed by atoms with Crippen molar-refractivity contribution in [3.63, 3.8) is 0 Å². The quantitative estimate of drug-likeness (QED) is 0.0420. The van der Waals surface area contributed by atoms with E-state index in [1.807, 2.05) is 36.4 Å². The lowest BCUT2D eigenvalue weighted by molar-refractivity contribution is 0.164. The largest absolute Gasteiger partial charge is 0.456 e. The maximum Gasteiger partial charge on any atom is 0.259 e. The third-order valence-electron chi connectivity index (χ3n) is 12.2. The number of ether oxygens (including phenoxy) is 2. The Bertz CT molecular complexity index is 3220. The molecular formula is C55H57F4NO6S3. The molecule has 1 aliphatic heterocycles. The summed E-state index contributed by atoms with van der Waals surface area (Å²) in [5.41, 5.74) is 8.87. The Kier molecular flexibility index (Phi) is 15.7. The molecule has 364 valence electrons. The molecule has 0 fully saturated rings. The van der Waals surface area contributed by atoms with E-state index in [0.717, 1.165) is 22.4 Å². The number of rotatable bonds is 17. The SMILES string of the molecule is CCOCCSc1c(F)c(F)c(S(=O)(=O)NS(=O)(=O)c2ccccc2C2=c3cc/c(=C\c4c(C(C)C)cccc4C(C)C)cc3Oc3cc(Cc4c(C(C)C)cccc4C(C)C)ccc32)c(F)c1F. The molecule has 69 heavy (non-hydrogen) atoms. The van der Waals surface area contributed by atoms with Gasteiger partial charge in [0.1, 0.15) is 11.5 Å². The molecule has 1 aliphatic rings. The van der Waals surface area contributed by atoms with Crippen LogP contribution in [0, 0.1) is 23.3 Å². The highest BCUT2D eigenvalue weighted by molar-refractivity contribution is 8.04. The van der Waals surface area contributed by atoms with Crippen LogP contribution >= 0.6 is 11.8 Å². The fraction of sp³-hybridized carbons (Fsp3) is 0.309. The van der Waals surface area contributed by atoms with Crippen molar-refractivity contribution in [2.24, 2.45) is 0 Å². The molecule has 6 aromatic rings. The van der Waals surface area contributed by atoms with Crippen molar-refractivity contribution in [3.8, 4) is 11.5 Å². The lowest BCUT2D eigenvalue weighted by Gasteiger charge is -2.24. The normalized spacial score (nSPS) is 13.2. The second-order valence-electron chi connectivity index (χ2n) is 18.3. The van der Waals surface area contributed by atoms with Crippen molar-refractivity contribution in [1.29, 1.82) is 0 Å². The second-order valence-corrected chi connectivity index (χ2v) is 22.9. The monoisotopic (exact) mass is 999 g/mol. The van der Waals surface area contributed by atoms with Crippen LogP contribution in [0.3, 0.4) is 0 Å². The minimum atomic E-state index is -5.84.